The highest BCUT2D eigenvalue weighted by Gasteiger charge is 2.64. The number of esters is 2. The minimum absolute atomic E-state index is 0.0207. The molecule has 0 aromatic heterocycles. The standard InChI is InChI=1S/C14H24NO7P/c1-6-21-12(17)14(8-9(3)4,13(18)22-7-2)11(23(19)20)15-10(5)16/h9,11H,6-8H2,1-5H3,(H-,15,16,19,20)/p+1/t11-/m1/s1. The maximum Gasteiger partial charge on any atom is 0.532 e. The molecule has 0 aliphatic carbocycles. The van der Waals surface area contributed by atoms with Gasteiger partial charge in [0.2, 0.25) is 11.3 Å². The average molecular weight is 350 g/mol. The molecule has 1 unspecified atom stereocenters. The Morgan fingerprint density at radius 2 is 1.57 bits per heavy atom. The fourth-order valence-electron chi connectivity index (χ4n) is 2.31. The largest absolute Gasteiger partial charge is 0.532 e. The van der Waals surface area contributed by atoms with E-state index in [9.17, 15) is 23.8 Å². The van der Waals surface area contributed by atoms with Gasteiger partial charge in [-0.3, -0.25) is 14.4 Å². The van der Waals surface area contributed by atoms with Crippen LogP contribution in [0.4, 0.5) is 0 Å². The van der Waals surface area contributed by atoms with E-state index in [1.54, 1.807) is 27.7 Å². The van der Waals surface area contributed by atoms with Crippen LogP contribution in [0.3, 0.4) is 0 Å². The zero-order valence-electron chi connectivity index (χ0n) is 14.1. The van der Waals surface area contributed by atoms with Gasteiger partial charge in [0.15, 0.2) is 0 Å². The van der Waals surface area contributed by atoms with Gasteiger partial charge in [0.1, 0.15) is 0 Å². The molecular formula is C14H25NO7P+. The van der Waals surface area contributed by atoms with Crippen molar-refractivity contribution in [2.45, 2.75) is 46.8 Å². The molecular weight excluding hydrogens is 325 g/mol. The predicted molar refractivity (Wildman–Crippen MR) is 82.6 cm³/mol. The molecule has 2 N–H and O–H groups in total. The molecule has 0 aromatic carbocycles. The third-order valence-corrected chi connectivity index (χ3v) is 4.05. The summed E-state index contributed by atoms with van der Waals surface area (Å²) in [5, 5.41) is 2.23. The van der Waals surface area contributed by atoms with Crippen LogP contribution in [0.5, 0.6) is 0 Å². The first-order chi connectivity index (χ1) is 10.6. The van der Waals surface area contributed by atoms with Crippen LogP contribution in [0.25, 0.3) is 0 Å². The number of ether oxygens (including phenoxy) is 2. The topological polar surface area (TPSA) is 119 Å². The molecule has 132 valence electrons. The molecule has 0 saturated heterocycles. The summed E-state index contributed by atoms with van der Waals surface area (Å²) in [7, 11) is -3.08. The average Bonchev–Trinajstić information content (AvgIpc) is 2.42. The summed E-state index contributed by atoms with van der Waals surface area (Å²) >= 11 is 0. The monoisotopic (exact) mass is 350 g/mol. The summed E-state index contributed by atoms with van der Waals surface area (Å²) in [6.07, 6.45) is -0.1000. The van der Waals surface area contributed by atoms with Crippen molar-refractivity contribution in [2.75, 3.05) is 13.2 Å². The Morgan fingerprint density at radius 3 is 1.83 bits per heavy atom. The Morgan fingerprint density at radius 1 is 1.13 bits per heavy atom. The highest BCUT2D eigenvalue weighted by molar-refractivity contribution is 7.39. The summed E-state index contributed by atoms with van der Waals surface area (Å²) in [6, 6.07) is 0. The van der Waals surface area contributed by atoms with Gasteiger partial charge in [-0.25, -0.2) is 0 Å². The van der Waals surface area contributed by atoms with E-state index in [4.69, 9.17) is 9.47 Å². The predicted octanol–water partition coefficient (Wildman–Crippen LogP) is 1.34. The normalized spacial score (nSPS) is 13.3. The smallest absolute Gasteiger partial charge is 0.465 e. The molecule has 0 fully saturated rings. The lowest BCUT2D eigenvalue weighted by molar-refractivity contribution is -0.174. The molecule has 0 rings (SSSR count). The first-order valence-electron chi connectivity index (χ1n) is 7.40. The molecule has 0 radical (unpaired) electrons. The molecule has 23 heavy (non-hydrogen) atoms. The van der Waals surface area contributed by atoms with Gasteiger partial charge in [0, 0.05) is 6.92 Å². The Balaban J connectivity index is 6.22. The molecule has 0 heterocycles. The highest BCUT2D eigenvalue weighted by atomic mass is 31.1. The van der Waals surface area contributed by atoms with Gasteiger partial charge in [0.25, 0.3) is 5.78 Å². The molecule has 2 atom stereocenters. The van der Waals surface area contributed by atoms with Gasteiger partial charge in [0.05, 0.1) is 13.2 Å². The van der Waals surface area contributed by atoms with Gasteiger partial charge < -0.3 is 14.8 Å². The second-order valence-electron chi connectivity index (χ2n) is 5.42. The SMILES string of the molecule is CCOC(=O)C(CC(C)C)(C(=O)OCC)[C@H](NC(C)=O)[P+](=O)O. The maximum atomic E-state index is 12.5. The van der Waals surface area contributed by atoms with E-state index in [1.165, 1.54) is 0 Å². The maximum absolute atomic E-state index is 12.5. The minimum atomic E-state index is -3.08. The van der Waals surface area contributed by atoms with Crippen molar-refractivity contribution >= 4 is 25.9 Å². The van der Waals surface area contributed by atoms with Crippen LogP contribution in [-0.4, -0.2) is 41.7 Å². The van der Waals surface area contributed by atoms with Crippen molar-refractivity contribution in [3.8, 4) is 0 Å². The van der Waals surface area contributed by atoms with Crippen molar-refractivity contribution in [2.24, 2.45) is 11.3 Å². The van der Waals surface area contributed by atoms with Crippen LogP contribution < -0.4 is 5.32 Å². The van der Waals surface area contributed by atoms with Crippen molar-refractivity contribution in [1.82, 2.24) is 5.32 Å². The Kier molecular flexibility index (Phi) is 8.94. The highest BCUT2D eigenvalue weighted by Crippen LogP contribution is 2.43. The quantitative estimate of drug-likeness (QED) is 0.366. The van der Waals surface area contributed by atoms with Crippen molar-refractivity contribution < 1.29 is 33.3 Å². The van der Waals surface area contributed by atoms with Crippen LogP contribution in [0, 0.1) is 11.3 Å². The van der Waals surface area contributed by atoms with E-state index in [-0.39, 0.29) is 25.6 Å². The fraction of sp³-hybridized carbons (Fsp3) is 0.786. The van der Waals surface area contributed by atoms with Crippen molar-refractivity contribution in [1.29, 1.82) is 0 Å². The fourth-order valence-corrected chi connectivity index (χ4v) is 3.29. The number of amides is 1. The summed E-state index contributed by atoms with van der Waals surface area (Å²) < 4.78 is 21.7. The summed E-state index contributed by atoms with van der Waals surface area (Å²) in [4.78, 5) is 46.1. The zero-order valence-corrected chi connectivity index (χ0v) is 15.0. The minimum Gasteiger partial charge on any atom is -0.465 e. The number of carbonyl (C=O) groups excluding carboxylic acids is 3. The van der Waals surface area contributed by atoms with Crippen LogP contribution in [-0.2, 0) is 28.4 Å². The lowest BCUT2D eigenvalue weighted by atomic mass is 9.79. The Bertz CT molecular complexity index is 446. The second-order valence-corrected chi connectivity index (χ2v) is 6.54. The van der Waals surface area contributed by atoms with E-state index in [0.29, 0.717) is 0 Å². The lowest BCUT2D eigenvalue weighted by Gasteiger charge is -2.31. The Hall–Kier alpha value is -1.53. The van der Waals surface area contributed by atoms with Gasteiger partial charge in [-0.05, 0) is 30.8 Å². The lowest BCUT2D eigenvalue weighted by Crippen LogP contribution is -2.56. The summed E-state index contributed by atoms with van der Waals surface area (Å²) in [5.74, 6) is -4.44. The Labute approximate surface area is 136 Å². The number of hydrogen-bond donors (Lipinski definition) is 2. The van der Waals surface area contributed by atoms with Crippen molar-refractivity contribution in [3.05, 3.63) is 0 Å². The third-order valence-electron chi connectivity index (χ3n) is 3.04. The number of rotatable bonds is 9. The van der Waals surface area contributed by atoms with Crippen molar-refractivity contribution in [3.63, 3.8) is 0 Å². The van der Waals surface area contributed by atoms with Crippen LogP contribution >= 0.6 is 8.03 Å². The summed E-state index contributed by atoms with van der Waals surface area (Å²) in [6.45, 7) is 7.67. The van der Waals surface area contributed by atoms with E-state index in [1.807, 2.05) is 0 Å². The second kappa shape index (κ2) is 9.57. The molecule has 0 aromatic rings. The van der Waals surface area contributed by atoms with Crippen LogP contribution in [0.2, 0.25) is 0 Å². The molecule has 9 heteroatoms. The number of nitrogens with one attached hydrogen (secondary N) is 1. The summed E-state index contributed by atoms with van der Waals surface area (Å²) in [5.41, 5.74) is -2.08. The first kappa shape index (κ1) is 21.5. The molecule has 1 amide bonds. The van der Waals surface area contributed by atoms with Crippen LogP contribution in [0.15, 0.2) is 0 Å². The molecule has 8 nitrogen and oxygen atoms in total. The molecule has 0 bridgehead atoms. The molecule has 0 saturated carbocycles. The van der Waals surface area contributed by atoms with E-state index < -0.39 is 37.1 Å². The zero-order chi connectivity index (χ0) is 18.2. The van der Waals surface area contributed by atoms with Gasteiger partial charge in [-0.2, -0.15) is 4.89 Å². The van der Waals surface area contributed by atoms with Gasteiger partial charge in [-0.1, -0.05) is 13.8 Å². The van der Waals surface area contributed by atoms with Gasteiger partial charge >= 0.3 is 20.0 Å². The molecule has 0 spiro atoms. The first-order valence-corrected chi connectivity index (χ1v) is 8.68. The third kappa shape index (κ3) is 5.55. The number of hydrogen-bond acceptors (Lipinski definition) is 6. The molecule has 0 aliphatic heterocycles. The van der Waals surface area contributed by atoms with Crippen LogP contribution in [0.1, 0.15) is 41.0 Å². The molecule has 0 aliphatic rings. The van der Waals surface area contributed by atoms with Gasteiger partial charge in [-0.15, -0.1) is 0 Å². The van der Waals surface area contributed by atoms with E-state index in [2.05, 4.69) is 5.32 Å². The number of carbonyl (C=O) groups is 3. The van der Waals surface area contributed by atoms with E-state index >= 15 is 0 Å². The van der Waals surface area contributed by atoms with E-state index in [0.717, 1.165) is 6.92 Å².